The number of rotatable bonds is 7. The topological polar surface area (TPSA) is 98.8 Å². The number of carbonyl (C=O) groups is 2. The molecule has 0 atom stereocenters. The second kappa shape index (κ2) is 7.54. The number of hydrogen-bond donors (Lipinski definition) is 2. The van der Waals surface area contributed by atoms with Crippen LogP contribution < -0.4 is 15.2 Å². The van der Waals surface area contributed by atoms with Gasteiger partial charge in [-0.15, -0.1) is 0 Å². The quantitative estimate of drug-likeness (QED) is 0.735. The first-order valence-corrected chi connectivity index (χ1v) is 6.43. The van der Waals surface area contributed by atoms with Crippen LogP contribution in [0.3, 0.4) is 0 Å². The maximum atomic E-state index is 10.7. The summed E-state index contributed by atoms with van der Waals surface area (Å²) in [5.41, 5.74) is 5.67. The molecule has 0 aromatic heterocycles. The third kappa shape index (κ3) is 4.93. The molecule has 7 heteroatoms. The van der Waals surface area contributed by atoms with Crippen LogP contribution in [-0.2, 0) is 9.59 Å². The predicted octanol–water partition coefficient (Wildman–Crippen LogP) is 1.81. The molecule has 0 heterocycles. The van der Waals surface area contributed by atoms with Crippen molar-refractivity contribution in [3.8, 4) is 11.5 Å². The average molecular weight is 344 g/mol. The smallest absolute Gasteiger partial charge is 0.328 e. The van der Waals surface area contributed by atoms with Crippen LogP contribution in [0.2, 0.25) is 0 Å². The Morgan fingerprint density at radius 2 is 2.15 bits per heavy atom. The van der Waals surface area contributed by atoms with E-state index in [2.05, 4.69) is 15.9 Å². The average Bonchev–Trinajstić information content (AvgIpc) is 2.37. The zero-order chi connectivity index (χ0) is 15.1. The largest absolute Gasteiger partial charge is 0.493 e. The highest BCUT2D eigenvalue weighted by Gasteiger charge is 2.11. The molecule has 0 aliphatic carbocycles. The van der Waals surface area contributed by atoms with Gasteiger partial charge in [-0.3, -0.25) is 4.79 Å². The predicted molar refractivity (Wildman–Crippen MR) is 76.7 cm³/mol. The van der Waals surface area contributed by atoms with Crippen LogP contribution >= 0.6 is 15.9 Å². The molecular formula is C13H14BrNO5. The van der Waals surface area contributed by atoms with Crippen molar-refractivity contribution < 1.29 is 24.2 Å². The maximum Gasteiger partial charge on any atom is 0.328 e. The van der Waals surface area contributed by atoms with E-state index in [1.54, 1.807) is 12.1 Å². The van der Waals surface area contributed by atoms with Gasteiger partial charge in [-0.05, 0) is 39.7 Å². The van der Waals surface area contributed by atoms with E-state index in [-0.39, 0.29) is 13.0 Å². The zero-order valence-electron chi connectivity index (χ0n) is 10.8. The monoisotopic (exact) mass is 343 g/mol. The molecule has 1 aromatic carbocycles. The third-order valence-corrected chi connectivity index (χ3v) is 2.85. The molecule has 0 saturated carbocycles. The summed E-state index contributed by atoms with van der Waals surface area (Å²) >= 11 is 3.31. The van der Waals surface area contributed by atoms with Gasteiger partial charge in [-0.1, -0.05) is 0 Å². The Morgan fingerprint density at radius 1 is 1.45 bits per heavy atom. The highest BCUT2D eigenvalue weighted by Crippen LogP contribution is 2.37. The van der Waals surface area contributed by atoms with E-state index in [1.165, 1.54) is 13.2 Å². The minimum Gasteiger partial charge on any atom is -0.493 e. The number of carboxylic acid groups (broad SMARTS) is 1. The van der Waals surface area contributed by atoms with Gasteiger partial charge in [0.1, 0.15) is 0 Å². The molecule has 3 N–H and O–H groups in total. The van der Waals surface area contributed by atoms with Crippen LogP contribution in [-0.4, -0.2) is 30.7 Å². The van der Waals surface area contributed by atoms with Crippen molar-refractivity contribution in [2.24, 2.45) is 5.73 Å². The van der Waals surface area contributed by atoms with E-state index in [4.69, 9.17) is 20.3 Å². The molecule has 0 unspecified atom stereocenters. The fourth-order valence-corrected chi connectivity index (χ4v) is 1.97. The first kappa shape index (κ1) is 16.0. The molecule has 0 bridgehead atoms. The Labute approximate surface area is 124 Å². The summed E-state index contributed by atoms with van der Waals surface area (Å²) < 4.78 is 11.2. The molecule has 0 fully saturated rings. The number of carboxylic acids is 1. The molecular weight excluding hydrogens is 330 g/mol. The Hall–Kier alpha value is -2.02. The number of carbonyl (C=O) groups excluding carboxylic acids is 1. The van der Waals surface area contributed by atoms with Gasteiger partial charge in [0.2, 0.25) is 5.91 Å². The Morgan fingerprint density at radius 3 is 2.70 bits per heavy atom. The number of ether oxygens (including phenoxy) is 2. The van der Waals surface area contributed by atoms with Crippen LogP contribution in [0.1, 0.15) is 12.0 Å². The number of halogens is 1. The van der Waals surface area contributed by atoms with Gasteiger partial charge >= 0.3 is 5.97 Å². The molecule has 1 rings (SSSR count). The number of methoxy groups -OCH3 is 1. The van der Waals surface area contributed by atoms with Crippen molar-refractivity contribution in [2.45, 2.75) is 6.42 Å². The van der Waals surface area contributed by atoms with Gasteiger partial charge in [0.25, 0.3) is 0 Å². The summed E-state index contributed by atoms with van der Waals surface area (Å²) in [5, 5.41) is 8.60. The van der Waals surface area contributed by atoms with Crippen LogP contribution in [0.15, 0.2) is 22.7 Å². The molecule has 0 spiro atoms. The molecule has 0 aliphatic heterocycles. The summed E-state index contributed by atoms with van der Waals surface area (Å²) in [5.74, 6) is -0.641. The molecule has 20 heavy (non-hydrogen) atoms. The second-order valence-corrected chi connectivity index (χ2v) is 4.62. The van der Waals surface area contributed by atoms with Gasteiger partial charge in [0.15, 0.2) is 11.5 Å². The molecule has 1 aromatic rings. The molecule has 6 nitrogen and oxygen atoms in total. The van der Waals surface area contributed by atoms with Crippen LogP contribution in [0, 0.1) is 0 Å². The number of aliphatic carboxylic acids is 1. The van der Waals surface area contributed by atoms with E-state index >= 15 is 0 Å². The minimum absolute atomic E-state index is 0.0935. The Bertz CT molecular complexity index is 542. The number of nitrogens with two attached hydrogens (primary N) is 1. The van der Waals surface area contributed by atoms with Crippen molar-refractivity contribution >= 4 is 33.9 Å². The van der Waals surface area contributed by atoms with Gasteiger partial charge < -0.3 is 20.3 Å². The van der Waals surface area contributed by atoms with Crippen molar-refractivity contribution in [1.29, 1.82) is 0 Å². The second-order valence-electron chi connectivity index (χ2n) is 3.77. The molecule has 0 saturated heterocycles. The Kier molecular flexibility index (Phi) is 6.05. The lowest BCUT2D eigenvalue weighted by Gasteiger charge is -2.13. The lowest BCUT2D eigenvalue weighted by molar-refractivity contribution is -0.131. The van der Waals surface area contributed by atoms with E-state index < -0.39 is 11.9 Å². The SMILES string of the molecule is COc1cc(/C=C/C(=O)O)cc(Br)c1OCCC(N)=O. The van der Waals surface area contributed by atoms with E-state index in [0.29, 0.717) is 21.5 Å². The van der Waals surface area contributed by atoms with Crippen LogP contribution in [0.25, 0.3) is 6.08 Å². The molecule has 0 aliphatic rings. The lowest BCUT2D eigenvalue weighted by atomic mass is 10.2. The first-order chi connectivity index (χ1) is 9.43. The van der Waals surface area contributed by atoms with Crippen molar-refractivity contribution in [3.63, 3.8) is 0 Å². The van der Waals surface area contributed by atoms with Crippen LogP contribution in [0.5, 0.6) is 11.5 Å². The van der Waals surface area contributed by atoms with Gasteiger partial charge in [-0.25, -0.2) is 4.79 Å². The van der Waals surface area contributed by atoms with Crippen molar-refractivity contribution in [2.75, 3.05) is 13.7 Å². The summed E-state index contributed by atoms with van der Waals surface area (Å²) in [6.45, 7) is 0.134. The van der Waals surface area contributed by atoms with Gasteiger partial charge in [-0.2, -0.15) is 0 Å². The lowest BCUT2D eigenvalue weighted by Crippen LogP contribution is -2.14. The number of amides is 1. The molecule has 1 amide bonds. The third-order valence-electron chi connectivity index (χ3n) is 2.26. The number of benzene rings is 1. The van der Waals surface area contributed by atoms with E-state index in [9.17, 15) is 9.59 Å². The molecule has 0 radical (unpaired) electrons. The standard InChI is InChI=1S/C13H14BrNO5/c1-19-10-7-8(2-3-12(17)18)6-9(14)13(10)20-5-4-11(15)16/h2-3,6-7H,4-5H2,1H3,(H2,15,16)(H,17,18)/b3-2+. The summed E-state index contributed by atoms with van der Waals surface area (Å²) in [6, 6.07) is 3.31. The van der Waals surface area contributed by atoms with Crippen molar-refractivity contribution in [3.05, 3.63) is 28.2 Å². The highest BCUT2D eigenvalue weighted by atomic mass is 79.9. The first-order valence-electron chi connectivity index (χ1n) is 5.63. The number of primary amides is 1. The normalized spacial score (nSPS) is 10.5. The fourth-order valence-electron chi connectivity index (χ4n) is 1.40. The maximum absolute atomic E-state index is 10.7. The van der Waals surface area contributed by atoms with E-state index in [0.717, 1.165) is 6.08 Å². The summed E-state index contributed by atoms with van der Waals surface area (Å²) in [4.78, 5) is 21.2. The number of hydrogen-bond acceptors (Lipinski definition) is 4. The van der Waals surface area contributed by atoms with Crippen molar-refractivity contribution in [1.82, 2.24) is 0 Å². The minimum atomic E-state index is -1.04. The zero-order valence-corrected chi connectivity index (χ0v) is 12.3. The van der Waals surface area contributed by atoms with E-state index in [1.807, 2.05) is 0 Å². The summed E-state index contributed by atoms with van der Waals surface area (Å²) in [7, 11) is 1.47. The highest BCUT2D eigenvalue weighted by molar-refractivity contribution is 9.10. The fraction of sp³-hybridized carbons (Fsp3) is 0.231. The van der Waals surface area contributed by atoms with Gasteiger partial charge in [0.05, 0.1) is 24.6 Å². The van der Waals surface area contributed by atoms with Crippen LogP contribution in [0.4, 0.5) is 0 Å². The Balaban J connectivity index is 2.95. The van der Waals surface area contributed by atoms with Gasteiger partial charge in [0, 0.05) is 6.08 Å². The summed E-state index contributed by atoms with van der Waals surface area (Å²) in [6.07, 6.45) is 2.55. The molecule has 108 valence electrons.